The summed E-state index contributed by atoms with van der Waals surface area (Å²) in [4.78, 5) is 11.9. The highest BCUT2D eigenvalue weighted by Crippen LogP contribution is 2.28. The Morgan fingerprint density at radius 3 is 2.76 bits per heavy atom. The molecule has 2 aromatic carbocycles. The Balaban J connectivity index is 1.57. The van der Waals surface area contributed by atoms with Gasteiger partial charge in [0.2, 0.25) is 0 Å². The van der Waals surface area contributed by atoms with Crippen LogP contribution in [0.4, 0.5) is 5.82 Å². The smallest absolute Gasteiger partial charge is 0.134 e. The number of fused-ring (bicyclic) bond motifs is 1. The van der Waals surface area contributed by atoms with Gasteiger partial charge in [-0.2, -0.15) is 0 Å². The van der Waals surface area contributed by atoms with Crippen molar-refractivity contribution < 1.29 is 4.74 Å². The summed E-state index contributed by atoms with van der Waals surface area (Å²) in [6.45, 7) is 0.690. The Hall–Kier alpha value is -3.34. The van der Waals surface area contributed by atoms with Gasteiger partial charge >= 0.3 is 0 Å². The third kappa shape index (κ3) is 3.17. The van der Waals surface area contributed by atoms with Crippen LogP contribution in [-0.2, 0) is 6.54 Å². The van der Waals surface area contributed by atoms with Gasteiger partial charge in [-0.1, -0.05) is 18.2 Å². The topological polar surface area (TPSA) is 62.8 Å². The molecular weight excluding hydrogens is 312 g/mol. The molecule has 5 heteroatoms. The monoisotopic (exact) mass is 330 g/mol. The predicted octanol–water partition coefficient (Wildman–Crippen LogP) is 4.25. The maximum atomic E-state index is 5.23. The lowest BCUT2D eigenvalue weighted by Crippen LogP contribution is -2.03. The molecular formula is C20H18N4O. The molecule has 4 rings (SSSR count). The first-order valence-corrected chi connectivity index (χ1v) is 8.09. The molecule has 5 nitrogen and oxygen atoms in total. The Morgan fingerprint density at radius 1 is 1.04 bits per heavy atom. The van der Waals surface area contributed by atoms with Crippen LogP contribution in [0.1, 0.15) is 5.56 Å². The van der Waals surface area contributed by atoms with E-state index in [1.54, 1.807) is 19.6 Å². The van der Waals surface area contributed by atoms with Gasteiger partial charge in [-0.05, 0) is 47.5 Å². The maximum Gasteiger partial charge on any atom is 0.134 e. The van der Waals surface area contributed by atoms with E-state index in [9.17, 15) is 0 Å². The summed E-state index contributed by atoms with van der Waals surface area (Å²) in [6, 6.07) is 18.2. The SMILES string of the molecule is COc1ccc(-c2cccnc2NCc2ccc3nc[nH]c3c2)cc1. The fraction of sp³-hybridized carbons (Fsp3) is 0.100. The number of nitrogens with one attached hydrogen (secondary N) is 2. The van der Waals surface area contributed by atoms with Crippen molar-refractivity contribution in [3.63, 3.8) is 0 Å². The molecule has 2 aromatic heterocycles. The van der Waals surface area contributed by atoms with Gasteiger partial charge in [-0.25, -0.2) is 9.97 Å². The van der Waals surface area contributed by atoms with Crippen molar-refractivity contribution in [3.8, 4) is 16.9 Å². The molecule has 2 heterocycles. The quantitative estimate of drug-likeness (QED) is 0.574. The zero-order chi connectivity index (χ0) is 17.1. The van der Waals surface area contributed by atoms with Crippen molar-refractivity contribution in [2.75, 3.05) is 12.4 Å². The molecule has 4 aromatic rings. The average molecular weight is 330 g/mol. The van der Waals surface area contributed by atoms with E-state index in [-0.39, 0.29) is 0 Å². The van der Waals surface area contributed by atoms with E-state index in [1.165, 1.54) is 5.56 Å². The minimum Gasteiger partial charge on any atom is -0.497 e. The average Bonchev–Trinajstić information content (AvgIpc) is 3.14. The molecule has 0 unspecified atom stereocenters. The van der Waals surface area contributed by atoms with Gasteiger partial charge in [0, 0.05) is 18.3 Å². The highest BCUT2D eigenvalue weighted by molar-refractivity contribution is 5.76. The number of H-pyrrole nitrogens is 1. The van der Waals surface area contributed by atoms with Crippen molar-refractivity contribution in [2.45, 2.75) is 6.54 Å². The Labute approximate surface area is 145 Å². The minimum atomic E-state index is 0.690. The number of nitrogens with zero attached hydrogens (tertiary/aromatic N) is 2. The van der Waals surface area contributed by atoms with E-state index >= 15 is 0 Å². The molecule has 0 amide bonds. The molecule has 25 heavy (non-hydrogen) atoms. The van der Waals surface area contributed by atoms with Crippen LogP contribution in [0.15, 0.2) is 67.1 Å². The van der Waals surface area contributed by atoms with Gasteiger partial charge in [-0.15, -0.1) is 0 Å². The summed E-state index contributed by atoms with van der Waals surface area (Å²) < 4.78 is 5.23. The van der Waals surface area contributed by atoms with Gasteiger partial charge in [-0.3, -0.25) is 0 Å². The first-order chi connectivity index (χ1) is 12.3. The lowest BCUT2D eigenvalue weighted by Gasteiger charge is -2.11. The zero-order valence-corrected chi connectivity index (χ0v) is 13.9. The highest BCUT2D eigenvalue weighted by atomic mass is 16.5. The molecule has 0 spiro atoms. The number of aromatic nitrogens is 3. The van der Waals surface area contributed by atoms with Crippen LogP contribution in [-0.4, -0.2) is 22.1 Å². The second-order valence-corrected chi connectivity index (χ2v) is 5.74. The number of ether oxygens (including phenoxy) is 1. The molecule has 124 valence electrons. The maximum absolute atomic E-state index is 5.23. The number of hydrogen-bond acceptors (Lipinski definition) is 4. The first kappa shape index (κ1) is 15.2. The van der Waals surface area contributed by atoms with Crippen LogP contribution in [0.25, 0.3) is 22.2 Å². The fourth-order valence-electron chi connectivity index (χ4n) is 2.83. The van der Waals surface area contributed by atoms with Crippen LogP contribution in [0.5, 0.6) is 5.75 Å². The van der Waals surface area contributed by atoms with Gasteiger partial charge < -0.3 is 15.0 Å². The molecule has 0 aliphatic carbocycles. The van der Waals surface area contributed by atoms with E-state index in [2.05, 4.69) is 38.5 Å². The predicted molar refractivity (Wildman–Crippen MR) is 99.6 cm³/mol. The van der Waals surface area contributed by atoms with Crippen molar-refractivity contribution >= 4 is 16.9 Å². The summed E-state index contributed by atoms with van der Waals surface area (Å²) in [5, 5.41) is 3.44. The van der Waals surface area contributed by atoms with Crippen molar-refractivity contribution in [3.05, 3.63) is 72.7 Å². The highest BCUT2D eigenvalue weighted by Gasteiger charge is 2.07. The minimum absolute atomic E-state index is 0.690. The molecule has 0 saturated heterocycles. The molecule has 0 aliphatic rings. The van der Waals surface area contributed by atoms with Crippen molar-refractivity contribution in [1.29, 1.82) is 0 Å². The van der Waals surface area contributed by atoms with Crippen molar-refractivity contribution in [2.24, 2.45) is 0 Å². The summed E-state index contributed by atoms with van der Waals surface area (Å²) in [5.41, 5.74) is 5.34. The molecule has 0 saturated carbocycles. The number of anilines is 1. The normalized spacial score (nSPS) is 10.8. The number of methoxy groups -OCH3 is 1. The standard InChI is InChI=1S/C20H18N4O/c1-25-16-7-5-15(6-8-16)17-3-2-10-21-20(17)22-12-14-4-9-18-19(11-14)24-13-23-18/h2-11,13H,12H2,1H3,(H,21,22)(H,23,24). The number of aromatic amines is 1. The number of benzene rings is 2. The van der Waals surface area contributed by atoms with Crippen LogP contribution in [0, 0.1) is 0 Å². The van der Waals surface area contributed by atoms with Crippen LogP contribution < -0.4 is 10.1 Å². The van der Waals surface area contributed by atoms with Gasteiger partial charge in [0.05, 0.1) is 24.5 Å². The summed E-state index contributed by atoms with van der Waals surface area (Å²) >= 11 is 0. The fourth-order valence-corrected chi connectivity index (χ4v) is 2.83. The number of pyridine rings is 1. The Kier molecular flexibility index (Phi) is 4.04. The molecule has 0 atom stereocenters. The van der Waals surface area contributed by atoms with Gasteiger partial charge in [0.25, 0.3) is 0 Å². The lowest BCUT2D eigenvalue weighted by atomic mass is 10.1. The molecule has 0 fully saturated rings. The summed E-state index contributed by atoms with van der Waals surface area (Å²) in [5.74, 6) is 1.70. The third-order valence-electron chi connectivity index (χ3n) is 4.15. The second kappa shape index (κ2) is 6.65. The Bertz CT molecular complexity index is 992. The van der Waals surface area contributed by atoms with E-state index in [0.29, 0.717) is 6.54 Å². The number of rotatable bonds is 5. The molecule has 2 N–H and O–H groups in total. The van der Waals surface area contributed by atoms with Gasteiger partial charge in [0.15, 0.2) is 0 Å². The largest absolute Gasteiger partial charge is 0.497 e. The lowest BCUT2D eigenvalue weighted by molar-refractivity contribution is 0.415. The van der Waals surface area contributed by atoms with E-state index < -0.39 is 0 Å². The molecule has 0 radical (unpaired) electrons. The van der Waals surface area contributed by atoms with Crippen LogP contribution >= 0.6 is 0 Å². The van der Waals surface area contributed by atoms with Crippen LogP contribution in [0.2, 0.25) is 0 Å². The van der Waals surface area contributed by atoms with E-state index in [1.807, 2.05) is 36.4 Å². The first-order valence-electron chi connectivity index (χ1n) is 8.09. The summed E-state index contributed by atoms with van der Waals surface area (Å²) in [7, 11) is 1.67. The van der Waals surface area contributed by atoms with E-state index in [0.717, 1.165) is 33.7 Å². The zero-order valence-electron chi connectivity index (χ0n) is 13.9. The molecule has 0 bridgehead atoms. The Morgan fingerprint density at radius 2 is 1.92 bits per heavy atom. The number of imidazole rings is 1. The van der Waals surface area contributed by atoms with E-state index in [4.69, 9.17) is 4.74 Å². The second-order valence-electron chi connectivity index (χ2n) is 5.74. The molecule has 0 aliphatic heterocycles. The van der Waals surface area contributed by atoms with Crippen molar-refractivity contribution in [1.82, 2.24) is 15.0 Å². The third-order valence-corrected chi connectivity index (χ3v) is 4.15. The number of hydrogen-bond donors (Lipinski definition) is 2. The summed E-state index contributed by atoms with van der Waals surface area (Å²) in [6.07, 6.45) is 3.51. The van der Waals surface area contributed by atoms with Gasteiger partial charge in [0.1, 0.15) is 11.6 Å². The van der Waals surface area contributed by atoms with Crippen LogP contribution in [0.3, 0.4) is 0 Å².